The maximum absolute atomic E-state index is 11.6. The van der Waals surface area contributed by atoms with E-state index in [2.05, 4.69) is 10.3 Å². The molecular weight excluding hydrogens is 306 g/mol. The lowest BCUT2D eigenvalue weighted by atomic mass is 9.87. The van der Waals surface area contributed by atoms with Crippen molar-refractivity contribution < 1.29 is 15.0 Å². The number of aromatic nitrogens is 1. The maximum atomic E-state index is 11.6. The van der Waals surface area contributed by atoms with Crippen LogP contribution in [0.2, 0.25) is 0 Å². The lowest BCUT2D eigenvalue weighted by Gasteiger charge is -2.33. The van der Waals surface area contributed by atoms with E-state index >= 15 is 0 Å². The molecule has 0 unspecified atom stereocenters. The summed E-state index contributed by atoms with van der Waals surface area (Å²) in [5.41, 5.74) is -2.39. The number of hydrogen-bond acceptors (Lipinski definition) is 8. The molecule has 10 heteroatoms. The Labute approximate surface area is 130 Å². The average Bonchev–Trinajstić information content (AvgIpc) is 2.55. The molecule has 0 bridgehead atoms. The van der Waals surface area contributed by atoms with Gasteiger partial charge < -0.3 is 15.3 Å². The van der Waals surface area contributed by atoms with Gasteiger partial charge in [-0.2, -0.15) is 0 Å². The molecule has 1 aliphatic carbocycles. The van der Waals surface area contributed by atoms with E-state index in [1.807, 2.05) is 4.90 Å². The number of nitro groups is 2. The molecule has 0 spiro atoms. The highest BCUT2D eigenvalue weighted by Crippen LogP contribution is 2.43. The molecule has 0 saturated carbocycles. The Bertz CT molecular complexity index is 684. The van der Waals surface area contributed by atoms with Gasteiger partial charge in [-0.05, 0) is 12.1 Å². The van der Waals surface area contributed by atoms with Crippen LogP contribution in [-0.4, -0.2) is 46.1 Å². The normalized spacial score (nSPS) is 19.7. The summed E-state index contributed by atoms with van der Waals surface area (Å²) in [6, 6.07) is 1.53. The van der Waals surface area contributed by atoms with Crippen LogP contribution >= 0.6 is 0 Å². The zero-order valence-electron chi connectivity index (χ0n) is 12.1. The highest BCUT2D eigenvalue weighted by molar-refractivity contribution is 5.70. The van der Waals surface area contributed by atoms with Gasteiger partial charge in [0.25, 0.3) is 0 Å². The van der Waals surface area contributed by atoms with Gasteiger partial charge in [0.1, 0.15) is 27.7 Å². The molecule has 2 N–H and O–H groups in total. The van der Waals surface area contributed by atoms with Gasteiger partial charge in [-0.1, -0.05) is 0 Å². The molecule has 1 aliphatic heterocycles. The van der Waals surface area contributed by atoms with Crippen LogP contribution in [0.4, 0.5) is 5.69 Å². The highest BCUT2D eigenvalue weighted by atomic mass is 16.7. The molecule has 1 fully saturated rings. The SMILES string of the molecule is O=[N+]([O-])C1([N+](=O)[O-])CC=C(O)c2nccc(N3CCNCC3)c21. The van der Waals surface area contributed by atoms with E-state index < -0.39 is 21.9 Å². The largest absolute Gasteiger partial charge is 0.506 e. The number of pyridine rings is 1. The van der Waals surface area contributed by atoms with Gasteiger partial charge in [-0.3, -0.25) is 25.2 Å². The number of fused-ring (bicyclic) bond motifs is 1. The summed E-state index contributed by atoms with van der Waals surface area (Å²) in [6.45, 7) is 2.46. The fourth-order valence-corrected chi connectivity index (χ4v) is 3.05. The second-order valence-electron chi connectivity index (χ2n) is 5.42. The van der Waals surface area contributed by atoms with Gasteiger partial charge in [-0.15, -0.1) is 0 Å². The molecule has 1 aromatic heterocycles. The Balaban J connectivity index is 2.26. The van der Waals surface area contributed by atoms with Crippen molar-refractivity contribution in [1.82, 2.24) is 10.3 Å². The number of nitrogens with zero attached hydrogens (tertiary/aromatic N) is 4. The van der Waals surface area contributed by atoms with Crippen LogP contribution in [0.3, 0.4) is 0 Å². The van der Waals surface area contributed by atoms with Crippen molar-refractivity contribution in [2.45, 2.75) is 12.1 Å². The van der Waals surface area contributed by atoms with Crippen LogP contribution in [-0.2, 0) is 5.66 Å². The Kier molecular flexibility index (Phi) is 3.60. The predicted molar refractivity (Wildman–Crippen MR) is 80.2 cm³/mol. The van der Waals surface area contributed by atoms with E-state index in [0.29, 0.717) is 31.9 Å². The van der Waals surface area contributed by atoms with Crippen LogP contribution in [0.1, 0.15) is 17.7 Å². The zero-order valence-corrected chi connectivity index (χ0v) is 12.1. The van der Waals surface area contributed by atoms with E-state index in [4.69, 9.17) is 0 Å². The van der Waals surface area contributed by atoms with E-state index in [1.165, 1.54) is 12.3 Å². The van der Waals surface area contributed by atoms with Crippen molar-refractivity contribution >= 4 is 11.4 Å². The Morgan fingerprint density at radius 3 is 2.52 bits per heavy atom. The van der Waals surface area contributed by atoms with Crippen molar-refractivity contribution in [3.8, 4) is 0 Å². The third kappa shape index (κ3) is 2.18. The number of aliphatic hydroxyl groups is 1. The Morgan fingerprint density at radius 2 is 1.91 bits per heavy atom. The van der Waals surface area contributed by atoms with Gasteiger partial charge in [-0.25, -0.2) is 0 Å². The average molecular weight is 321 g/mol. The molecule has 23 heavy (non-hydrogen) atoms. The summed E-state index contributed by atoms with van der Waals surface area (Å²) in [5, 5.41) is 36.4. The van der Waals surface area contributed by atoms with Crippen molar-refractivity contribution in [1.29, 1.82) is 0 Å². The van der Waals surface area contributed by atoms with Crippen molar-refractivity contribution in [3.05, 3.63) is 49.8 Å². The third-order valence-electron chi connectivity index (χ3n) is 4.21. The fraction of sp³-hybridized carbons (Fsp3) is 0.462. The summed E-state index contributed by atoms with van der Waals surface area (Å²) < 4.78 is 0. The van der Waals surface area contributed by atoms with Crippen LogP contribution < -0.4 is 10.2 Å². The van der Waals surface area contributed by atoms with Crippen LogP contribution in [0.5, 0.6) is 0 Å². The van der Waals surface area contributed by atoms with Gasteiger partial charge in [0.2, 0.25) is 0 Å². The minimum absolute atomic E-state index is 0.0966. The van der Waals surface area contributed by atoms with Crippen molar-refractivity contribution in [3.63, 3.8) is 0 Å². The van der Waals surface area contributed by atoms with E-state index in [1.54, 1.807) is 0 Å². The lowest BCUT2D eigenvalue weighted by Crippen LogP contribution is -2.49. The van der Waals surface area contributed by atoms with Gasteiger partial charge in [0.15, 0.2) is 5.56 Å². The first-order chi connectivity index (χ1) is 11.0. The van der Waals surface area contributed by atoms with Crippen LogP contribution in [0.25, 0.3) is 5.76 Å². The van der Waals surface area contributed by atoms with Gasteiger partial charge >= 0.3 is 5.66 Å². The third-order valence-corrected chi connectivity index (χ3v) is 4.21. The minimum Gasteiger partial charge on any atom is -0.506 e. The zero-order chi connectivity index (χ0) is 16.6. The van der Waals surface area contributed by atoms with E-state index in [0.717, 1.165) is 6.08 Å². The number of anilines is 1. The number of nitrogens with one attached hydrogen (secondary N) is 1. The lowest BCUT2D eigenvalue weighted by molar-refractivity contribution is -0.809. The summed E-state index contributed by atoms with van der Waals surface area (Å²) in [6.07, 6.45) is 1.97. The van der Waals surface area contributed by atoms with Gasteiger partial charge in [0.05, 0.1) is 5.69 Å². The highest BCUT2D eigenvalue weighted by Gasteiger charge is 2.62. The minimum atomic E-state index is -2.53. The summed E-state index contributed by atoms with van der Waals surface area (Å²) >= 11 is 0. The quantitative estimate of drug-likeness (QED) is 0.467. The monoisotopic (exact) mass is 321 g/mol. The molecule has 0 aromatic carbocycles. The smallest absolute Gasteiger partial charge is 0.492 e. The molecule has 1 saturated heterocycles. The van der Waals surface area contributed by atoms with Crippen LogP contribution in [0.15, 0.2) is 18.3 Å². The second kappa shape index (κ2) is 5.47. The summed E-state index contributed by atoms with van der Waals surface area (Å²) in [7, 11) is 0. The summed E-state index contributed by atoms with van der Waals surface area (Å²) in [5.74, 6) is -0.267. The first-order valence-electron chi connectivity index (χ1n) is 7.12. The number of piperazine rings is 1. The number of hydrogen-bond donors (Lipinski definition) is 2. The maximum Gasteiger partial charge on any atom is 0.492 e. The van der Waals surface area contributed by atoms with Crippen LogP contribution in [0, 0.1) is 20.2 Å². The first kappa shape index (κ1) is 15.2. The molecular formula is C13H15N5O5. The van der Waals surface area contributed by atoms with Gasteiger partial charge in [0, 0.05) is 32.4 Å². The molecule has 3 rings (SSSR count). The number of aliphatic hydroxyl groups excluding tert-OH is 1. The number of rotatable bonds is 3. The Morgan fingerprint density at radius 1 is 1.26 bits per heavy atom. The molecule has 2 aliphatic rings. The van der Waals surface area contributed by atoms with E-state index in [-0.39, 0.29) is 17.0 Å². The topological polar surface area (TPSA) is 135 Å². The van der Waals surface area contributed by atoms with E-state index in [9.17, 15) is 25.3 Å². The fourth-order valence-electron chi connectivity index (χ4n) is 3.05. The molecule has 0 atom stereocenters. The molecule has 2 heterocycles. The summed E-state index contributed by atoms with van der Waals surface area (Å²) in [4.78, 5) is 27.2. The molecule has 1 aromatic rings. The predicted octanol–water partition coefficient (Wildman–Crippen LogP) is 0.500. The molecule has 0 amide bonds. The second-order valence-corrected chi connectivity index (χ2v) is 5.42. The molecule has 0 radical (unpaired) electrons. The molecule has 122 valence electrons. The standard InChI is InChI=1S/C13H15N5O5/c19-10-1-3-13(17(20)21,18(22)23)11-9(2-4-15-12(10)11)16-7-5-14-6-8-16/h1-2,4,14,19H,3,5-8H2. The van der Waals surface area contributed by atoms with Crippen molar-refractivity contribution in [2.24, 2.45) is 0 Å². The van der Waals surface area contributed by atoms with Crippen molar-refractivity contribution in [2.75, 3.05) is 31.1 Å². The molecule has 10 nitrogen and oxygen atoms in total. The Hall–Kier alpha value is -2.75. The first-order valence-corrected chi connectivity index (χ1v) is 7.12.